The predicted octanol–water partition coefficient (Wildman–Crippen LogP) is 5.00. The van der Waals surface area contributed by atoms with E-state index < -0.39 is 87.9 Å². The molecule has 4 aliphatic rings. The molecule has 274 valence electrons. The Hall–Kier alpha value is -3.70. The van der Waals surface area contributed by atoms with Gasteiger partial charge in [0.1, 0.15) is 24.1 Å². The Labute approximate surface area is 294 Å². The van der Waals surface area contributed by atoms with Crippen LogP contribution in [0, 0.1) is 34.0 Å². The summed E-state index contributed by atoms with van der Waals surface area (Å²) in [6.07, 6.45) is 3.46. The Balaban J connectivity index is 1.77. The maximum absolute atomic E-state index is 13.1. The average Bonchev–Trinajstić information content (AvgIpc) is 3.25. The van der Waals surface area contributed by atoms with Crippen molar-refractivity contribution in [3.8, 4) is 5.75 Å². The first-order valence-electron chi connectivity index (χ1n) is 17.5. The van der Waals surface area contributed by atoms with Crippen molar-refractivity contribution in [1.82, 2.24) is 0 Å². The standard InChI is InChI=1S/C39H52O11/c1-22-20-32(48-25(4)41)37(8)31(39(22,45)18-15-28-12-9-10-13-29(28)44)16-17-36(7)30-14-11-19-46-21-38(30,23(2)47-24(3)40)35(50-27(6)43)33(34(36)37)49-26(5)42/h9-14,20,23,30-35,44-45H,15-19,21H2,1-8H3/t23-,30?,31?,32-,33+,34?,35+,36+,37-,38-,39?/m1/s1. The number of aromatic hydroxyl groups is 1. The van der Waals surface area contributed by atoms with Gasteiger partial charge < -0.3 is 33.9 Å². The van der Waals surface area contributed by atoms with Gasteiger partial charge in [0.25, 0.3) is 0 Å². The summed E-state index contributed by atoms with van der Waals surface area (Å²) in [5.74, 6) is -3.74. The minimum atomic E-state index is -1.41. The number of carbonyl (C=O) groups is 4. The SMILES string of the molecule is CC(=O)O[C@H]1C2[C@@](C)(CCC3C(O)(CCc4ccccc4O)C(C)=C[C@@H](OC(C)=O)[C@@]32C)C2C=CCOC[C@]2([C@@H](C)OC(C)=O)[C@H]1OC(C)=O. The molecule has 0 saturated heterocycles. The molecule has 50 heavy (non-hydrogen) atoms. The summed E-state index contributed by atoms with van der Waals surface area (Å²) < 4.78 is 30.7. The number of allylic oxidation sites excluding steroid dienone is 1. The molecular formula is C39H52O11. The molecule has 2 N–H and O–H groups in total. The highest BCUT2D eigenvalue weighted by atomic mass is 16.6. The van der Waals surface area contributed by atoms with Crippen LogP contribution >= 0.6 is 0 Å². The van der Waals surface area contributed by atoms with Crippen LogP contribution in [-0.2, 0) is 49.3 Å². The quantitative estimate of drug-likeness (QED) is 0.214. The molecule has 0 aromatic heterocycles. The molecule has 1 aromatic rings. The zero-order chi connectivity index (χ0) is 36.8. The minimum absolute atomic E-state index is 0.0359. The summed E-state index contributed by atoms with van der Waals surface area (Å²) in [6.45, 7) is 13.2. The van der Waals surface area contributed by atoms with E-state index in [1.165, 1.54) is 27.7 Å². The van der Waals surface area contributed by atoms with E-state index in [-0.39, 0.29) is 25.4 Å². The first-order chi connectivity index (χ1) is 23.4. The van der Waals surface area contributed by atoms with Gasteiger partial charge in [-0.2, -0.15) is 0 Å². The van der Waals surface area contributed by atoms with Crippen molar-refractivity contribution in [3.05, 3.63) is 53.6 Å². The number of para-hydroxylation sites is 1. The van der Waals surface area contributed by atoms with Crippen LogP contribution in [0.2, 0.25) is 0 Å². The van der Waals surface area contributed by atoms with Crippen LogP contribution < -0.4 is 0 Å². The summed E-state index contributed by atoms with van der Waals surface area (Å²) in [6, 6.07) is 7.02. The molecule has 5 rings (SSSR count). The third-order valence-corrected chi connectivity index (χ3v) is 12.5. The number of hydrogen-bond donors (Lipinski definition) is 2. The zero-order valence-electron chi connectivity index (χ0n) is 30.4. The molecule has 4 unspecified atom stereocenters. The van der Waals surface area contributed by atoms with Gasteiger partial charge in [-0.1, -0.05) is 44.2 Å². The number of aliphatic hydroxyl groups is 1. The average molecular weight is 697 g/mol. The largest absolute Gasteiger partial charge is 0.508 e. The van der Waals surface area contributed by atoms with Crippen molar-refractivity contribution in [2.45, 2.75) is 111 Å². The predicted molar refractivity (Wildman–Crippen MR) is 181 cm³/mol. The second kappa shape index (κ2) is 13.8. The molecule has 3 aliphatic carbocycles. The Morgan fingerprint density at radius 1 is 0.980 bits per heavy atom. The van der Waals surface area contributed by atoms with E-state index in [1.807, 2.05) is 38.1 Å². The number of hydrogen-bond acceptors (Lipinski definition) is 11. The number of esters is 4. The van der Waals surface area contributed by atoms with E-state index in [0.29, 0.717) is 30.4 Å². The van der Waals surface area contributed by atoms with Crippen LogP contribution in [0.3, 0.4) is 0 Å². The highest BCUT2D eigenvalue weighted by Crippen LogP contribution is 2.72. The van der Waals surface area contributed by atoms with Crippen molar-refractivity contribution in [1.29, 1.82) is 0 Å². The molecule has 0 radical (unpaired) electrons. The second-order valence-corrected chi connectivity index (χ2v) is 15.3. The van der Waals surface area contributed by atoms with Gasteiger partial charge in [0.05, 0.1) is 24.2 Å². The molecule has 1 heterocycles. The van der Waals surface area contributed by atoms with Crippen molar-refractivity contribution < 1.29 is 53.1 Å². The number of ether oxygens (including phenoxy) is 5. The molecule has 11 heteroatoms. The van der Waals surface area contributed by atoms with Gasteiger partial charge in [0, 0.05) is 44.9 Å². The number of phenolic OH excluding ortho intramolecular Hbond substituents is 1. The van der Waals surface area contributed by atoms with Crippen LogP contribution in [0.5, 0.6) is 5.75 Å². The number of fused-ring (bicyclic) bond motifs is 5. The molecule has 2 saturated carbocycles. The van der Waals surface area contributed by atoms with Crippen LogP contribution in [0.25, 0.3) is 0 Å². The lowest BCUT2D eigenvalue weighted by atomic mass is 9.35. The fourth-order valence-electron chi connectivity index (χ4n) is 10.6. The number of phenols is 1. The monoisotopic (exact) mass is 696 g/mol. The summed E-state index contributed by atoms with van der Waals surface area (Å²) in [4.78, 5) is 51.5. The topological polar surface area (TPSA) is 155 Å². The van der Waals surface area contributed by atoms with Gasteiger partial charge in [-0.15, -0.1) is 0 Å². The van der Waals surface area contributed by atoms with E-state index in [4.69, 9.17) is 23.7 Å². The van der Waals surface area contributed by atoms with Crippen LogP contribution in [0.4, 0.5) is 0 Å². The highest BCUT2D eigenvalue weighted by molar-refractivity contribution is 5.68. The maximum Gasteiger partial charge on any atom is 0.303 e. The minimum Gasteiger partial charge on any atom is -0.508 e. The molecule has 11 nitrogen and oxygen atoms in total. The van der Waals surface area contributed by atoms with Crippen LogP contribution in [0.1, 0.15) is 80.2 Å². The van der Waals surface area contributed by atoms with Crippen molar-refractivity contribution >= 4 is 23.9 Å². The highest BCUT2D eigenvalue weighted by Gasteiger charge is 2.76. The molecule has 1 aliphatic heterocycles. The van der Waals surface area contributed by atoms with Crippen LogP contribution in [-0.4, -0.2) is 77.3 Å². The summed E-state index contributed by atoms with van der Waals surface area (Å²) in [5.41, 5.74) is -3.09. The number of benzene rings is 1. The third-order valence-electron chi connectivity index (χ3n) is 12.5. The van der Waals surface area contributed by atoms with Gasteiger partial charge in [-0.25, -0.2) is 0 Å². The Morgan fingerprint density at radius 2 is 1.64 bits per heavy atom. The van der Waals surface area contributed by atoms with E-state index in [0.717, 1.165) is 0 Å². The van der Waals surface area contributed by atoms with E-state index in [9.17, 15) is 29.4 Å². The molecular weight excluding hydrogens is 644 g/mol. The second-order valence-electron chi connectivity index (χ2n) is 15.3. The lowest BCUT2D eigenvalue weighted by molar-refractivity contribution is -0.304. The first kappa shape index (κ1) is 37.6. The third kappa shape index (κ3) is 6.14. The molecule has 1 aromatic carbocycles. The first-order valence-corrected chi connectivity index (χ1v) is 17.5. The lowest BCUT2D eigenvalue weighted by Gasteiger charge is -2.71. The summed E-state index contributed by atoms with van der Waals surface area (Å²) >= 11 is 0. The van der Waals surface area contributed by atoms with Gasteiger partial charge in [0.15, 0.2) is 6.10 Å². The van der Waals surface area contributed by atoms with Gasteiger partial charge in [-0.3, -0.25) is 19.2 Å². The van der Waals surface area contributed by atoms with E-state index >= 15 is 0 Å². The normalized spacial score (nSPS) is 38.1. The fourth-order valence-corrected chi connectivity index (χ4v) is 10.6. The maximum atomic E-state index is 13.1. The lowest BCUT2D eigenvalue weighted by Crippen LogP contribution is -2.76. The molecule has 11 atom stereocenters. The van der Waals surface area contributed by atoms with Crippen molar-refractivity contribution in [2.24, 2.45) is 34.0 Å². The fraction of sp³-hybridized carbons (Fsp3) is 0.641. The van der Waals surface area contributed by atoms with E-state index in [1.54, 1.807) is 25.1 Å². The summed E-state index contributed by atoms with van der Waals surface area (Å²) in [7, 11) is 0. The molecule has 0 spiro atoms. The number of carbonyl (C=O) groups excluding carboxylic acids is 4. The molecule has 0 bridgehead atoms. The zero-order valence-corrected chi connectivity index (χ0v) is 30.4. The van der Waals surface area contributed by atoms with Crippen LogP contribution in [0.15, 0.2) is 48.1 Å². The molecule has 0 amide bonds. The molecule has 2 fully saturated rings. The van der Waals surface area contributed by atoms with Gasteiger partial charge in [-0.05, 0) is 74.1 Å². The van der Waals surface area contributed by atoms with E-state index in [2.05, 4.69) is 6.92 Å². The Bertz CT molecular complexity index is 1570. The van der Waals surface area contributed by atoms with Crippen molar-refractivity contribution in [3.63, 3.8) is 0 Å². The van der Waals surface area contributed by atoms with Crippen molar-refractivity contribution in [2.75, 3.05) is 13.2 Å². The number of aryl methyl sites for hydroxylation is 1. The number of rotatable bonds is 8. The summed E-state index contributed by atoms with van der Waals surface area (Å²) in [5, 5.41) is 23.5. The van der Waals surface area contributed by atoms with Gasteiger partial charge in [0.2, 0.25) is 0 Å². The Morgan fingerprint density at radius 3 is 2.26 bits per heavy atom. The smallest absolute Gasteiger partial charge is 0.303 e. The Kier molecular flexibility index (Phi) is 10.4. The van der Waals surface area contributed by atoms with Gasteiger partial charge >= 0.3 is 23.9 Å².